The van der Waals surface area contributed by atoms with E-state index in [9.17, 15) is 4.79 Å². The second-order valence-corrected chi connectivity index (χ2v) is 6.11. The average molecular weight is 316 g/mol. The van der Waals surface area contributed by atoms with Gasteiger partial charge in [-0.1, -0.05) is 18.2 Å². The van der Waals surface area contributed by atoms with Crippen LogP contribution in [0.4, 0.5) is 0 Å². The first-order valence-corrected chi connectivity index (χ1v) is 8.06. The predicted octanol–water partition coefficient (Wildman–Crippen LogP) is 1.08. The van der Waals surface area contributed by atoms with E-state index in [0.717, 1.165) is 17.8 Å². The van der Waals surface area contributed by atoms with Gasteiger partial charge in [-0.2, -0.15) is 0 Å². The summed E-state index contributed by atoms with van der Waals surface area (Å²) < 4.78 is 6.37. The molecule has 114 valence electrons. The van der Waals surface area contributed by atoms with Gasteiger partial charge in [-0.25, -0.2) is 4.98 Å². The Morgan fingerprint density at radius 2 is 2.09 bits per heavy atom. The summed E-state index contributed by atoms with van der Waals surface area (Å²) in [5, 5.41) is 1.89. The maximum Gasteiger partial charge on any atom is 0.269 e. The van der Waals surface area contributed by atoms with E-state index in [1.165, 1.54) is 16.2 Å². The lowest BCUT2D eigenvalue weighted by molar-refractivity contribution is -0.894. The third kappa shape index (κ3) is 3.52. The fraction of sp³-hybridized carbons (Fsp3) is 0.250. The van der Waals surface area contributed by atoms with Crippen molar-refractivity contribution in [3.63, 3.8) is 0 Å². The highest BCUT2D eigenvalue weighted by Gasteiger charge is 2.09. The van der Waals surface area contributed by atoms with Crippen LogP contribution in [0.2, 0.25) is 0 Å². The number of hydrogen-bond acceptors (Lipinski definition) is 4. The van der Waals surface area contributed by atoms with Gasteiger partial charge in [0.05, 0.1) is 12.6 Å². The first-order chi connectivity index (χ1) is 10.7. The third-order valence-corrected chi connectivity index (χ3v) is 4.28. The minimum Gasteiger partial charge on any atom is -0.488 e. The van der Waals surface area contributed by atoms with Crippen molar-refractivity contribution in [1.82, 2.24) is 9.97 Å². The number of aromatic amines is 1. The fourth-order valence-electron chi connectivity index (χ4n) is 2.24. The maximum atomic E-state index is 11.9. The number of quaternary nitrogens is 1. The molecule has 3 rings (SSSR count). The minimum atomic E-state index is -0.0525. The van der Waals surface area contributed by atoms with E-state index in [2.05, 4.69) is 17.0 Å². The number of thiophene rings is 1. The summed E-state index contributed by atoms with van der Waals surface area (Å²) in [6.07, 6.45) is 0. The lowest BCUT2D eigenvalue weighted by atomic mass is 10.3. The molecular weight excluding hydrogens is 298 g/mol. The Balaban J connectivity index is 1.56. The Kier molecular flexibility index (Phi) is 4.50. The predicted molar refractivity (Wildman–Crippen MR) is 87.6 cm³/mol. The Hall–Kier alpha value is -2.18. The van der Waals surface area contributed by atoms with Gasteiger partial charge in [0.25, 0.3) is 5.56 Å². The highest BCUT2D eigenvalue weighted by Crippen LogP contribution is 2.13. The molecule has 0 saturated heterocycles. The molecule has 0 spiro atoms. The van der Waals surface area contributed by atoms with Crippen LogP contribution in [0.3, 0.4) is 0 Å². The summed E-state index contributed by atoms with van der Waals surface area (Å²) in [6, 6.07) is 11.6. The Morgan fingerprint density at radius 3 is 2.91 bits per heavy atom. The van der Waals surface area contributed by atoms with Gasteiger partial charge in [0.1, 0.15) is 30.1 Å². The highest BCUT2D eigenvalue weighted by atomic mass is 32.1. The van der Waals surface area contributed by atoms with Crippen molar-refractivity contribution in [3.05, 3.63) is 58.0 Å². The summed E-state index contributed by atoms with van der Waals surface area (Å²) in [6.45, 7) is 2.13. The Labute approximate surface area is 132 Å². The largest absolute Gasteiger partial charge is 0.488 e. The van der Waals surface area contributed by atoms with E-state index in [4.69, 9.17) is 4.74 Å². The Bertz CT molecular complexity index is 798. The molecule has 3 aromatic rings. The highest BCUT2D eigenvalue weighted by molar-refractivity contribution is 7.17. The molecule has 2 aromatic heterocycles. The first-order valence-electron chi connectivity index (χ1n) is 7.18. The van der Waals surface area contributed by atoms with Gasteiger partial charge < -0.3 is 14.6 Å². The molecule has 0 saturated carbocycles. The lowest BCUT2D eigenvalue weighted by Gasteiger charge is -2.14. The normalized spacial score (nSPS) is 12.4. The van der Waals surface area contributed by atoms with Gasteiger partial charge in [0, 0.05) is 0 Å². The van der Waals surface area contributed by atoms with Crippen molar-refractivity contribution in [2.45, 2.75) is 6.54 Å². The van der Waals surface area contributed by atoms with Crippen LogP contribution in [-0.4, -0.2) is 30.2 Å². The van der Waals surface area contributed by atoms with Crippen LogP contribution in [-0.2, 0) is 6.54 Å². The molecule has 0 radical (unpaired) electrons. The zero-order chi connectivity index (χ0) is 15.4. The zero-order valence-corrected chi connectivity index (χ0v) is 13.2. The molecule has 0 bridgehead atoms. The van der Waals surface area contributed by atoms with Crippen LogP contribution in [0, 0.1) is 0 Å². The van der Waals surface area contributed by atoms with E-state index < -0.39 is 0 Å². The second-order valence-electron chi connectivity index (χ2n) is 5.19. The second kappa shape index (κ2) is 6.72. The summed E-state index contributed by atoms with van der Waals surface area (Å²) in [4.78, 5) is 20.5. The van der Waals surface area contributed by atoms with Crippen LogP contribution in [0.1, 0.15) is 5.82 Å². The van der Waals surface area contributed by atoms with Crippen molar-refractivity contribution >= 4 is 21.6 Å². The molecule has 5 nitrogen and oxygen atoms in total. The number of para-hydroxylation sites is 1. The van der Waals surface area contributed by atoms with Crippen LogP contribution in [0.15, 0.2) is 46.6 Å². The molecular formula is C16H18N3O2S+. The summed E-state index contributed by atoms with van der Waals surface area (Å²) in [5.74, 6) is 1.59. The van der Waals surface area contributed by atoms with Crippen LogP contribution < -0.4 is 15.2 Å². The summed E-state index contributed by atoms with van der Waals surface area (Å²) >= 11 is 1.42. The number of hydrogen-bond donors (Lipinski definition) is 2. The number of nitrogens with zero attached hydrogens (tertiary/aromatic N) is 1. The van der Waals surface area contributed by atoms with Crippen LogP contribution in [0.5, 0.6) is 5.75 Å². The molecule has 1 unspecified atom stereocenters. The monoisotopic (exact) mass is 316 g/mol. The third-order valence-electron chi connectivity index (χ3n) is 3.37. The van der Waals surface area contributed by atoms with Crippen LogP contribution >= 0.6 is 11.3 Å². The van der Waals surface area contributed by atoms with Crippen molar-refractivity contribution < 1.29 is 9.64 Å². The van der Waals surface area contributed by atoms with E-state index in [1.54, 1.807) is 0 Å². The van der Waals surface area contributed by atoms with Crippen molar-refractivity contribution in [3.8, 4) is 5.75 Å². The smallest absolute Gasteiger partial charge is 0.269 e. The number of rotatable bonds is 6. The number of aromatic nitrogens is 2. The number of benzene rings is 1. The van der Waals surface area contributed by atoms with Gasteiger partial charge in [-0.05, 0) is 23.6 Å². The van der Waals surface area contributed by atoms with Crippen molar-refractivity contribution in [1.29, 1.82) is 0 Å². The molecule has 1 atom stereocenters. The Morgan fingerprint density at radius 1 is 1.27 bits per heavy atom. The van der Waals surface area contributed by atoms with E-state index >= 15 is 0 Å². The minimum absolute atomic E-state index is 0.0525. The topological polar surface area (TPSA) is 59.4 Å². The van der Waals surface area contributed by atoms with Gasteiger partial charge in [-0.15, -0.1) is 11.3 Å². The lowest BCUT2D eigenvalue weighted by Crippen LogP contribution is -3.08. The van der Waals surface area contributed by atoms with Crippen LogP contribution in [0.25, 0.3) is 10.2 Å². The molecule has 2 N–H and O–H groups in total. The molecule has 0 aliphatic carbocycles. The molecule has 1 aromatic carbocycles. The average Bonchev–Trinajstić information content (AvgIpc) is 2.97. The first kappa shape index (κ1) is 14.7. The fourth-order valence-corrected chi connectivity index (χ4v) is 2.96. The number of H-pyrrole nitrogens is 1. The maximum absolute atomic E-state index is 11.9. The molecule has 22 heavy (non-hydrogen) atoms. The molecule has 2 heterocycles. The van der Waals surface area contributed by atoms with Gasteiger partial charge >= 0.3 is 0 Å². The van der Waals surface area contributed by atoms with Gasteiger partial charge in [0.15, 0.2) is 5.82 Å². The molecule has 0 fully saturated rings. The van der Waals surface area contributed by atoms with Gasteiger partial charge in [-0.3, -0.25) is 4.79 Å². The van der Waals surface area contributed by atoms with Crippen molar-refractivity contribution in [2.75, 3.05) is 20.2 Å². The molecule has 0 aliphatic heterocycles. The number of likely N-dealkylation sites (N-methyl/N-ethyl adjacent to an activating group) is 1. The zero-order valence-electron chi connectivity index (χ0n) is 12.3. The number of fused-ring (bicyclic) bond motifs is 1. The van der Waals surface area contributed by atoms with E-state index in [-0.39, 0.29) is 5.56 Å². The summed E-state index contributed by atoms with van der Waals surface area (Å²) in [5.41, 5.74) is 0.723. The standard InChI is InChI=1S/C16H17N3O2S/c1-19(8-9-21-12-5-3-2-4-6-12)11-14-17-13-7-10-22-15(13)16(20)18-14/h2-7,10H,8-9,11H2,1H3,(H,17,18,20)/p+1. The number of nitrogens with one attached hydrogen (secondary N) is 2. The van der Waals surface area contributed by atoms with Gasteiger partial charge in [0.2, 0.25) is 0 Å². The SMILES string of the molecule is C[NH+](CCOc1ccccc1)Cc1nc2ccsc2c(=O)[nH]1. The molecule has 0 amide bonds. The molecule has 0 aliphatic rings. The van der Waals surface area contributed by atoms with Crippen molar-refractivity contribution in [2.24, 2.45) is 0 Å². The molecule has 6 heteroatoms. The summed E-state index contributed by atoms with van der Waals surface area (Å²) in [7, 11) is 2.06. The van der Waals surface area contributed by atoms with E-state index in [0.29, 0.717) is 23.7 Å². The quantitative estimate of drug-likeness (QED) is 0.715. The van der Waals surface area contributed by atoms with E-state index in [1.807, 2.05) is 41.8 Å². The number of ether oxygens (including phenoxy) is 1.